The average Bonchev–Trinajstić information content (AvgIpc) is 3.92. The van der Waals surface area contributed by atoms with Crippen molar-refractivity contribution in [2.75, 3.05) is 0 Å². The van der Waals surface area contributed by atoms with Crippen LogP contribution in [0.5, 0.6) is 0 Å². The van der Waals surface area contributed by atoms with E-state index in [-0.39, 0.29) is 0 Å². The minimum absolute atomic E-state index is 0.640. The zero-order chi connectivity index (χ0) is 36.0. The van der Waals surface area contributed by atoms with Crippen LogP contribution in [-0.4, -0.2) is 19.5 Å². The Morgan fingerprint density at radius 2 is 0.873 bits per heavy atom. The molecule has 0 aliphatic heterocycles. The molecule has 0 spiro atoms. The van der Waals surface area contributed by atoms with Gasteiger partial charge < -0.3 is 4.57 Å². The van der Waals surface area contributed by atoms with Crippen molar-refractivity contribution in [3.05, 3.63) is 170 Å². The van der Waals surface area contributed by atoms with Crippen LogP contribution in [0.25, 0.3) is 113 Å². The van der Waals surface area contributed by atoms with E-state index < -0.39 is 0 Å². The summed E-state index contributed by atoms with van der Waals surface area (Å²) >= 11 is 3.61. The third kappa shape index (κ3) is 4.79. The maximum absolute atomic E-state index is 5.22. The van der Waals surface area contributed by atoms with Crippen LogP contribution in [0.2, 0.25) is 0 Å². The van der Waals surface area contributed by atoms with Crippen LogP contribution in [0.4, 0.5) is 0 Å². The van der Waals surface area contributed by atoms with Gasteiger partial charge in [-0.3, -0.25) is 0 Å². The van der Waals surface area contributed by atoms with Crippen LogP contribution < -0.4 is 0 Å². The molecule has 0 aliphatic carbocycles. The first-order valence-electron chi connectivity index (χ1n) is 18.3. The van der Waals surface area contributed by atoms with Gasteiger partial charge >= 0.3 is 0 Å². The summed E-state index contributed by atoms with van der Waals surface area (Å²) in [5.41, 5.74) is 6.26. The summed E-state index contributed by atoms with van der Waals surface area (Å²) in [5, 5.41) is 10.0. The highest BCUT2D eigenvalue weighted by molar-refractivity contribution is 7.26. The SMILES string of the molecule is c1cc(-c2nc(-c3ccc4c(c3)sc3ccccc34)nc(-c3ccc4c(c3)sc3ccccc34)n2)cc(-n2c3ccccc3c3c4ccccc4ccc32)c1. The van der Waals surface area contributed by atoms with E-state index in [1.165, 1.54) is 67.4 Å². The predicted octanol–water partition coefficient (Wildman–Crippen LogP) is 13.9. The van der Waals surface area contributed by atoms with E-state index in [0.717, 1.165) is 27.9 Å². The zero-order valence-corrected chi connectivity index (χ0v) is 30.9. The third-order valence-corrected chi connectivity index (χ3v) is 13.1. The van der Waals surface area contributed by atoms with Crippen molar-refractivity contribution >= 4 is 95.6 Å². The molecule has 0 fully saturated rings. The second kappa shape index (κ2) is 11.9. The summed E-state index contributed by atoms with van der Waals surface area (Å²) in [4.78, 5) is 15.6. The number of rotatable bonds is 4. The number of benzene rings is 8. The van der Waals surface area contributed by atoms with Crippen LogP contribution in [0.3, 0.4) is 0 Å². The monoisotopic (exact) mass is 736 g/mol. The Hall–Kier alpha value is -6.73. The molecule has 256 valence electrons. The van der Waals surface area contributed by atoms with E-state index >= 15 is 0 Å². The standard InChI is InChI=1S/C49H28N4S2/c1-2-13-34-29(10-1)22-25-41-46(34)39-16-3-6-17-40(39)53(41)33-12-9-11-30(26-33)47-50-48(31-20-23-37-35-14-4-7-18-42(35)54-44(37)27-31)52-49(51-47)32-21-24-38-36-15-5-8-19-43(36)55-45(38)28-32/h1-28H. The maximum Gasteiger partial charge on any atom is 0.164 e. The molecule has 0 aliphatic rings. The Morgan fingerprint density at radius 1 is 0.345 bits per heavy atom. The predicted molar refractivity (Wildman–Crippen MR) is 234 cm³/mol. The fourth-order valence-corrected chi connectivity index (χ4v) is 10.6. The van der Waals surface area contributed by atoms with E-state index in [1.54, 1.807) is 22.7 Å². The highest BCUT2D eigenvalue weighted by Gasteiger charge is 2.18. The highest BCUT2D eigenvalue weighted by atomic mass is 32.1. The molecule has 0 bridgehead atoms. The first kappa shape index (κ1) is 30.7. The summed E-state index contributed by atoms with van der Waals surface area (Å²) in [6.45, 7) is 0. The van der Waals surface area contributed by atoms with E-state index in [2.05, 4.69) is 174 Å². The molecule has 12 rings (SSSR count). The first-order valence-corrected chi connectivity index (χ1v) is 20.0. The van der Waals surface area contributed by atoms with Crippen LogP contribution in [-0.2, 0) is 0 Å². The number of hydrogen-bond donors (Lipinski definition) is 0. The van der Waals surface area contributed by atoms with Crippen LogP contribution in [0.15, 0.2) is 170 Å². The number of fused-ring (bicyclic) bond motifs is 11. The molecule has 0 N–H and O–H groups in total. The molecule has 4 aromatic heterocycles. The Balaban J connectivity index is 1.07. The van der Waals surface area contributed by atoms with Gasteiger partial charge in [-0.05, 0) is 59.3 Å². The Labute approximate surface area is 323 Å². The van der Waals surface area contributed by atoms with Gasteiger partial charge in [0, 0.05) is 73.5 Å². The van der Waals surface area contributed by atoms with E-state index in [9.17, 15) is 0 Å². The fourth-order valence-electron chi connectivity index (χ4n) is 8.29. The zero-order valence-electron chi connectivity index (χ0n) is 29.3. The number of aromatic nitrogens is 4. The first-order chi connectivity index (χ1) is 27.2. The van der Waals surface area contributed by atoms with E-state index in [1.807, 2.05) is 0 Å². The fraction of sp³-hybridized carbons (Fsp3) is 0. The lowest BCUT2D eigenvalue weighted by Crippen LogP contribution is -2.01. The second-order valence-electron chi connectivity index (χ2n) is 14.0. The van der Waals surface area contributed by atoms with Crippen molar-refractivity contribution in [3.8, 4) is 39.9 Å². The number of para-hydroxylation sites is 1. The van der Waals surface area contributed by atoms with Crippen molar-refractivity contribution in [2.45, 2.75) is 0 Å². The highest BCUT2D eigenvalue weighted by Crippen LogP contribution is 2.40. The lowest BCUT2D eigenvalue weighted by Gasteiger charge is -2.12. The van der Waals surface area contributed by atoms with Gasteiger partial charge in [0.2, 0.25) is 0 Å². The van der Waals surface area contributed by atoms with Crippen molar-refractivity contribution in [1.29, 1.82) is 0 Å². The van der Waals surface area contributed by atoms with E-state index in [4.69, 9.17) is 15.0 Å². The molecule has 0 saturated carbocycles. The largest absolute Gasteiger partial charge is 0.309 e. The van der Waals surface area contributed by atoms with E-state index in [0.29, 0.717) is 17.5 Å². The molecular formula is C49H28N4S2. The maximum atomic E-state index is 5.22. The van der Waals surface area contributed by atoms with Gasteiger partial charge in [0.1, 0.15) is 0 Å². The minimum atomic E-state index is 0.640. The van der Waals surface area contributed by atoms with Gasteiger partial charge in [0.25, 0.3) is 0 Å². The summed E-state index contributed by atoms with van der Waals surface area (Å²) in [7, 11) is 0. The Kier molecular flexibility index (Phi) is 6.64. The number of hydrogen-bond acceptors (Lipinski definition) is 5. The Morgan fingerprint density at radius 3 is 1.53 bits per heavy atom. The van der Waals surface area contributed by atoms with Gasteiger partial charge in [0.05, 0.1) is 11.0 Å². The molecule has 4 heterocycles. The minimum Gasteiger partial charge on any atom is -0.309 e. The number of thiophene rings is 2. The third-order valence-electron chi connectivity index (χ3n) is 10.8. The molecule has 8 aromatic carbocycles. The van der Waals surface area contributed by atoms with Crippen molar-refractivity contribution < 1.29 is 0 Å². The molecule has 0 amide bonds. The molecule has 0 atom stereocenters. The van der Waals surface area contributed by atoms with Gasteiger partial charge in [-0.25, -0.2) is 15.0 Å². The van der Waals surface area contributed by atoms with Gasteiger partial charge in [-0.1, -0.05) is 121 Å². The summed E-state index contributed by atoms with van der Waals surface area (Å²) in [6.07, 6.45) is 0. The van der Waals surface area contributed by atoms with Gasteiger partial charge in [0.15, 0.2) is 17.5 Å². The molecule has 55 heavy (non-hydrogen) atoms. The average molecular weight is 737 g/mol. The molecule has 6 heteroatoms. The van der Waals surface area contributed by atoms with Crippen LogP contribution in [0.1, 0.15) is 0 Å². The van der Waals surface area contributed by atoms with Gasteiger partial charge in [-0.15, -0.1) is 22.7 Å². The normalized spacial score (nSPS) is 12.0. The molecule has 0 unspecified atom stereocenters. The summed E-state index contributed by atoms with van der Waals surface area (Å²) in [6, 6.07) is 60.8. The summed E-state index contributed by atoms with van der Waals surface area (Å²) in [5.74, 6) is 1.95. The lowest BCUT2D eigenvalue weighted by atomic mass is 10.0. The molecular weight excluding hydrogens is 709 g/mol. The lowest BCUT2D eigenvalue weighted by molar-refractivity contribution is 1.07. The van der Waals surface area contributed by atoms with Crippen molar-refractivity contribution in [1.82, 2.24) is 19.5 Å². The van der Waals surface area contributed by atoms with Crippen molar-refractivity contribution in [2.24, 2.45) is 0 Å². The van der Waals surface area contributed by atoms with Crippen LogP contribution >= 0.6 is 22.7 Å². The summed E-state index contributed by atoms with van der Waals surface area (Å²) < 4.78 is 7.36. The molecule has 4 nitrogen and oxygen atoms in total. The second-order valence-corrected chi connectivity index (χ2v) is 16.2. The molecule has 0 radical (unpaired) electrons. The Bertz CT molecular complexity index is 3380. The van der Waals surface area contributed by atoms with Crippen LogP contribution in [0, 0.1) is 0 Å². The smallest absolute Gasteiger partial charge is 0.164 e. The van der Waals surface area contributed by atoms with Crippen molar-refractivity contribution in [3.63, 3.8) is 0 Å². The number of nitrogens with zero attached hydrogens (tertiary/aromatic N) is 4. The molecule has 12 aromatic rings. The molecule has 0 saturated heterocycles. The quantitative estimate of drug-likeness (QED) is 0.181. The van der Waals surface area contributed by atoms with Gasteiger partial charge in [-0.2, -0.15) is 0 Å². The topological polar surface area (TPSA) is 43.6 Å².